The van der Waals surface area contributed by atoms with Gasteiger partial charge in [0.2, 0.25) is 5.91 Å². The molecule has 5 rings (SSSR count). The number of piperazine rings is 1. The third-order valence-electron chi connectivity index (χ3n) is 5.73. The maximum atomic E-state index is 12.9. The molecule has 2 aromatic carbocycles. The molecule has 2 aromatic heterocycles. The van der Waals surface area contributed by atoms with Crippen LogP contribution in [0.3, 0.4) is 0 Å². The lowest BCUT2D eigenvalue weighted by atomic mass is 10.2. The number of aromatic nitrogens is 2. The zero-order valence-corrected chi connectivity index (χ0v) is 18.0. The maximum Gasteiger partial charge on any atom is 0.271 e. The van der Waals surface area contributed by atoms with Crippen LogP contribution in [0.15, 0.2) is 59.7 Å². The van der Waals surface area contributed by atoms with Crippen LogP contribution in [0.5, 0.6) is 5.75 Å². The van der Waals surface area contributed by atoms with E-state index in [0.717, 1.165) is 34.6 Å². The van der Waals surface area contributed by atoms with Crippen molar-refractivity contribution < 1.29 is 9.53 Å². The minimum absolute atomic E-state index is 0.0125. The summed E-state index contributed by atoms with van der Waals surface area (Å²) in [5.41, 5.74) is 1.67. The van der Waals surface area contributed by atoms with Crippen LogP contribution in [0.4, 0.5) is 5.69 Å². The Hall–Kier alpha value is -3.39. The molecule has 3 heterocycles. The topological polar surface area (TPSA) is 67.7 Å². The van der Waals surface area contributed by atoms with Gasteiger partial charge < -0.3 is 14.5 Å². The maximum absolute atomic E-state index is 12.9. The first-order valence-electron chi connectivity index (χ1n) is 10.2. The average molecular weight is 435 g/mol. The van der Waals surface area contributed by atoms with E-state index in [-0.39, 0.29) is 18.0 Å². The summed E-state index contributed by atoms with van der Waals surface area (Å²) in [6, 6.07) is 15.8. The number of anilines is 1. The quantitative estimate of drug-likeness (QED) is 0.494. The van der Waals surface area contributed by atoms with Crippen molar-refractivity contribution in [2.75, 3.05) is 38.2 Å². The first kappa shape index (κ1) is 19.6. The molecule has 7 nitrogen and oxygen atoms in total. The Labute approximate surface area is 183 Å². The third-order valence-corrected chi connectivity index (χ3v) is 6.87. The second kappa shape index (κ2) is 8.03. The molecule has 8 heteroatoms. The van der Waals surface area contributed by atoms with Crippen molar-refractivity contribution in [3.63, 3.8) is 0 Å². The van der Waals surface area contributed by atoms with Crippen molar-refractivity contribution in [1.82, 2.24) is 14.5 Å². The highest BCUT2D eigenvalue weighted by molar-refractivity contribution is 7.25. The summed E-state index contributed by atoms with van der Waals surface area (Å²) < 4.78 is 8.26. The fraction of sp³-hybridized carbons (Fsp3) is 0.261. The molecular formula is C23H22N4O3S. The van der Waals surface area contributed by atoms with Gasteiger partial charge in [-0.1, -0.05) is 18.2 Å². The summed E-state index contributed by atoms with van der Waals surface area (Å²) in [5, 5.41) is 0.979. The number of hydrogen-bond donors (Lipinski definition) is 0. The number of hydrogen-bond acceptors (Lipinski definition) is 6. The largest absolute Gasteiger partial charge is 0.497 e. The molecule has 1 aliphatic rings. The second-order valence-corrected chi connectivity index (χ2v) is 8.57. The van der Waals surface area contributed by atoms with E-state index in [1.54, 1.807) is 7.11 Å². The summed E-state index contributed by atoms with van der Waals surface area (Å²) in [6.07, 6.45) is 1.50. The van der Waals surface area contributed by atoms with Gasteiger partial charge in [0.25, 0.3) is 5.56 Å². The third kappa shape index (κ3) is 3.63. The van der Waals surface area contributed by atoms with E-state index >= 15 is 0 Å². The molecule has 1 aliphatic heterocycles. The molecule has 0 aliphatic carbocycles. The molecule has 0 saturated carbocycles. The lowest BCUT2D eigenvalue weighted by Gasteiger charge is -2.36. The molecule has 1 saturated heterocycles. The Balaban J connectivity index is 1.28. The Morgan fingerprint density at radius 1 is 1.06 bits per heavy atom. The number of methoxy groups -OCH3 is 1. The number of thiophene rings is 1. The zero-order chi connectivity index (χ0) is 21.4. The van der Waals surface area contributed by atoms with Crippen LogP contribution >= 0.6 is 11.3 Å². The summed E-state index contributed by atoms with van der Waals surface area (Å²) in [6.45, 7) is 2.76. The van der Waals surface area contributed by atoms with Gasteiger partial charge in [0.05, 0.1) is 19.0 Å². The second-order valence-electron chi connectivity index (χ2n) is 7.52. The minimum atomic E-state index is -0.156. The number of amides is 1. The molecule has 158 valence electrons. The molecule has 1 amide bonds. The van der Waals surface area contributed by atoms with Gasteiger partial charge in [0.1, 0.15) is 17.0 Å². The van der Waals surface area contributed by atoms with Crippen LogP contribution in [0.2, 0.25) is 0 Å². The van der Waals surface area contributed by atoms with E-state index < -0.39 is 0 Å². The fourth-order valence-electron chi connectivity index (χ4n) is 3.98. The summed E-state index contributed by atoms with van der Waals surface area (Å²) in [7, 11) is 1.65. The van der Waals surface area contributed by atoms with Gasteiger partial charge in [0.15, 0.2) is 0 Å². The molecule has 0 spiro atoms. The monoisotopic (exact) mass is 434 g/mol. The number of carbonyl (C=O) groups excluding carboxylic acids is 1. The molecule has 1 fully saturated rings. The minimum Gasteiger partial charge on any atom is -0.497 e. The summed E-state index contributed by atoms with van der Waals surface area (Å²) in [5.74, 6) is 0.769. The van der Waals surface area contributed by atoms with E-state index in [0.29, 0.717) is 23.3 Å². The van der Waals surface area contributed by atoms with Crippen molar-refractivity contribution in [2.45, 2.75) is 6.54 Å². The van der Waals surface area contributed by atoms with Crippen LogP contribution in [-0.4, -0.2) is 53.6 Å². The van der Waals surface area contributed by atoms with Crippen molar-refractivity contribution >= 4 is 43.2 Å². The van der Waals surface area contributed by atoms with Crippen molar-refractivity contribution in [3.05, 3.63) is 65.2 Å². The van der Waals surface area contributed by atoms with Crippen molar-refractivity contribution in [1.29, 1.82) is 0 Å². The van der Waals surface area contributed by atoms with Gasteiger partial charge in [-0.05, 0) is 30.3 Å². The normalized spacial score (nSPS) is 14.4. The first-order chi connectivity index (χ1) is 15.1. The number of nitrogens with zero attached hydrogens (tertiary/aromatic N) is 4. The predicted octanol–water partition coefficient (Wildman–Crippen LogP) is 2.97. The van der Waals surface area contributed by atoms with Crippen molar-refractivity contribution in [3.8, 4) is 5.75 Å². The molecule has 4 aromatic rings. The summed E-state index contributed by atoms with van der Waals surface area (Å²) in [4.78, 5) is 34.4. The highest BCUT2D eigenvalue weighted by Crippen LogP contribution is 2.29. The average Bonchev–Trinajstić information content (AvgIpc) is 3.20. The van der Waals surface area contributed by atoms with E-state index in [9.17, 15) is 9.59 Å². The van der Waals surface area contributed by atoms with E-state index in [4.69, 9.17) is 4.74 Å². The van der Waals surface area contributed by atoms with Crippen LogP contribution in [0, 0.1) is 0 Å². The lowest BCUT2D eigenvalue weighted by Crippen LogP contribution is -2.50. The van der Waals surface area contributed by atoms with Crippen LogP contribution in [-0.2, 0) is 11.3 Å². The molecule has 0 unspecified atom stereocenters. The number of benzene rings is 2. The molecule has 0 N–H and O–H groups in total. The number of ether oxygens (including phenoxy) is 1. The van der Waals surface area contributed by atoms with Gasteiger partial charge in [-0.15, -0.1) is 11.3 Å². The Bertz CT molecular complexity index is 1300. The molecular weight excluding hydrogens is 412 g/mol. The van der Waals surface area contributed by atoms with Gasteiger partial charge in [0, 0.05) is 42.0 Å². The molecule has 0 radical (unpaired) electrons. The number of carbonyl (C=O) groups is 1. The van der Waals surface area contributed by atoms with Gasteiger partial charge >= 0.3 is 0 Å². The fourth-order valence-corrected chi connectivity index (χ4v) is 5.09. The summed E-state index contributed by atoms with van der Waals surface area (Å²) >= 11 is 1.43. The van der Waals surface area contributed by atoms with Crippen LogP contribution in [0.25, 0.3) is 20.3 Å². The highest BCUT2D eigenvalue weighted by atomic mass is 32.1. The SMILES string of the molecule is COc1ccc(N2CCN(C(=O)Cn3cnc4c(sc5ccccc54)c3=O)CC2)cc1. The predicted molar refractivity (Wildman–Crippen MR) is 123 cm³/mol. The molecule has 31 heavy (non-hydrogen) atoms. The lowest BCUT2D eigenvalue weighted by molar-refractivity contribution is -0.132. The van der Waals surface area contributed by atoms with Gasteiger partial charge in [-0.2, -0.15) is 0 Å². The number of rotatable bonds is 4. The van der Waals surface area contributed by atoms with Crippen LogP contribution < -0.4 is 15.2 Å². The van der Waals surface area contributed by atoms with E-state index in [2.05, 4.69) is 9.88 Å². The Kier molecular flexibility index (Phi) is 5.07. The van der Waals surface area contributed by atoms with Gasteiger partial charge in [-0.25, -0.2) is 4.98 Å². The van der Waals surface area contributed by atoms with Crippen molar-refractivity contribution in [2.24, 2.45) is 0 Å². The Morgan fingerprint density at radius 2 is 1.81 bits per heavy atom. The molecule has 0 bridgehead atoms. The number of fused-ring (bicyclic) bond motifs is 3. The highest BCUT2D eigenvalue weighted by Gasteiger charge is 2.22. The first-order valence-corrected chi connectivity index (χ1v) is 11.0. The van der Waals surface area contributed by atoms with E-state index in [1.807, 2.05) is 53.4 Å². The molecule has 0 atom stereocenters. The van der Waals surface area contributed by atoms with Gasteiger partial charge in [-0.3, -0.25) is 14.2 Å². The standard InChI is InChI=1S/C23H22N4O3S/c1-30-17-8-6-16(7-9-17)25-10-12-26(13-11-25)20(28)14-27-15-24-21-18-4-2-3-5-19(18)31-22(21)23(27)29/h2-9,15H,10-14H2,1H3. The Morgan fingerprint density at radius 3 is 2.55 bits per heavy atom. The van der Waals surface area contributed by atoms with E-state index in [1.165, 1.54) is 22.2 Å². The van der Waals surface area contributed by atoms with Crippen LogP contribution in [0.1, 0.15) is 0 Å². The zero-order valence-electron chi connectivity index (χ0n) is 17.2. The smallest absolute Gasteiger partial charge is 0.271 e.